The Labute approximate surface area is 154 Å². The molecule has 0 bridgehead atoms. The van der Waals surface area contributed by atoms with Gasteiger partial charge >= 0.3 is 0 Å². The van der Waals surface area contributed by atoms with Crippen molar-refractivity contribution in [1.29, 1.82) is 5.41 Å². The zero-order valence-electron chi connectivity index (χ0n) is 15.6. The van der Waals surface area contributed by atoms with Crippen LogP contribution in [0.25, 0.3) is 0 Å². The number of pyridine rings is 1. The summed E-state index contributed by atoms with van der Waals surface area (Å²) in [5, 5.41) is 17.5. The number of piperidine rings is 1. The van der Waals surface area contributed by atoms with E-state index in [1.165, 1.54) is 6.42 Å². The number of carbonyl (C=O) groups is 1. The minimum Gasteiger partial charge on any atom is -0.474 e. The molecule has 1 aromatic heterocycles. The summed E-state index contributed by atoms with van der Waals surface area (Å²) in [7, 11) is 1.74. The van der Waals surface area contributed by atoms with Gasteiger partial charge in [-0.05, 0) is 57.2 Å². The minimum absolute atomic E-state index is 0.0681. The largest absolute Gasteiger partial charge is 0.474 e. The Bertz CT molecular complexity index is 657. The molecule has 1 aliphatic heterocycles. The predicted molar refractivity (Wildman–Crippen MR) is 102 cm³/mol. The van der Waals surface area contributed by atoms with Gasteiger partial charge < -0.3 is 20.7 Å². The van der Waals surface area contributed by atoms with E-state index in [1.807, 2.05) is 0 Å². The van der Waals surface area contributed by atoms with E-state index in [0.29, 0.717) is 23.2 Å². The highest BCUT2D eigenvalue weighted by atomic mass is 16.5. The van der Waals surface area contributed by atoms with Gasteiger partial charge in [-0.15, -0.1) is 0 Å². The average Bonchev–Trinajstić information content (AvgIpc) is 3.06. The number of nitrogens with zero attached hydrogens (tertiary/aromatic N) is 1. The van der Waals surface area contributed by atoms with E-state index < -0.39 is 0 Å². The van der Waals surface area contributed by atoms with Gasteiger partial charge in [-0.1, -0.05) is 6.92 Å². The van der Waals surface area contributed by atoms with Gasteiger partial charge in [-0.2, -0.15) is 4.98 Å². The predicted octanol–water partition coefficient (Wildman–Crippen LogP) is 1.93. The zero-order chi connectivity index (χ0) is 18.5. The van der Waals surface area contributed by atoms with Gasteiger partial charge in [0.05, 0.1) is 0 Å². The smallest absolute Gasteiger partial charge is 0.270 e. The highest BCUT2D eigenvalue weighted by molar-refractivity contribution is 6.45. The van der Waals surface area contributed by atoms with Gasteiger partial charge in [0.1, 0.15) is 17.6 Å². The van der Waals surface area contributed by atoms with Gasteiger partial charge in [0.2, 0.25) is 5.88 Å². The quantitative estimate of drug-likeness (QED) is 0.582. The lowest BCUT2D eigenvalue weighted by molar-refractivity contribution is -0.115. The summed E-state index contributed by atoms with van der Waals surface area (Å²) in [6.07, 6.45) is 5.27. The van der Waals surface area contributed by atoms with Gasteiger partial charge in [0.15, 0.2) is 0 Å². The van der Waals surface area contributed by atoms with E-state index in [1.54, 1.807) is 19.2 Å². The van der Waals surface area contributed by atoms with Crippen molar-refractivity contribution in [3.05, 3.63) is 17.7 Å². The van der Waals surface area contributed by atoms with Crippen LogP contribution in [-0.2, 0) is 4.79 Å². The minimum atomic E-state index is -0.353. The summed E-state index contributed by atoms with van der Waals surface area (Å²) < 4.78 is 5.98. The van der Waals surface area contributed by atoms with Crippen molar-refractivity contribution in [2.24, 2.45) is 5.92 Å². The fourth-order valence-electron chi connectivity index (χ4n) is 3.68. The van der Waals surface area contributed by atoms with E-state index in [-0.39, 0.29) is 23.8 Å². The third-order valence-electron chi connectivity index (χ3n) is 5.21. The van der Waals surface area contributed by atoms with Crippen LogP contribution in [0.1, 0.15) is 44.6 Å². The summed E-state index contributed by atoms with van der Waals surface area (Å²) in [6.45, 7) is 4.03. The Morgan fingerprint density at radius 2 is 2.04 bits per heavy atom. The van der Waals surface area contributed by atoms with Crippen LogP contribution in [-0.4, -0.2) is 48.9 Å². The maximum absolute atomic E-state index is 12.4. The average molecular weight is 359 g/mol. The maximum Gasteiger partial charge on any atom is 0.270 e. The molecule has 142 valence electrons. The van der Waals surface area contributed by atoms with Crippen LogP contribution in [0.2, 0.25) is 0 Å². The molecule has 0 aromatic carbocycles. The topological polar surface area (TPSA) is 99.1 Å². The number of aromatic nitrogens is 1. The standard InChI is InChI=1S/C19H29N5O2/c1-12-3-4-14(11-12)26-16-6-5-15(18(21-2)24-16)17(20)19(25)23-13-7-9-22-10-8-13/h5-6,12-14,20,22H,3-4,7-11H2,1-2H3,(H,21,24)(H,23,25). The lowest BCUT2D eigenvalue weighted by Crippen LogP contribution is -2.45. The number of amides is 1. The van der Waals surface area contributed by atoms with Crippen molar-refractivity contribution >= 4 is 17.4 Å². The summed E-state index contributed by atoms with van der Waals surface area (Å²) >= 11 is 0. The summed E-state index contributed by atoms with van der Waals surface area (Å²) in [5.41, 5.74) is 0.424. The van der Waals surface area contributed by atoms with E-state index in [9.17, 15) is 4.79 Å². The molecule has 7 nitrogen and oxygen atoms in total. The first-order chi connectivity index (χ1) is 12.6. The number of hydrogen-bond donors (Lipinski definition) is 4. The van der Waals surface area contributed by atoms with Gasteiger partial charge in [0, 0.05) is 24.7 Å². The van der Waals surface area contributed by atoms with Gasteiger partial charge in [0.25, 0.3) is 5.91 Å². The van der Waals surface area contributed by atoms with E-state index in [4.69, 9.17) is 10.1 Å². The normalized spacial score (nSPS) is 23.5. The molecular weight excluding hydrogens is 330 g/mol. The van der Waals surface area contributed by atoms with Crippen molar-refractivity contribution in [2.75, 3.05) is 25.5 Å². The molecular formula is C19H29N5O2. The van der Waals surface area contributed by atoms with Crippen LogP contribution in [0.3, 0.4) is 0 Å². The summed E-state index contributed by atoms with van der Waals surface area (Å²) in [4.78, 5) is 16.9. The SMILES string of the molecule is CNc1nc(OC2CCC(C)C2)ccc1C(=N)C(=O)NC1CCNCC1. The Hall–Kier alpha value is -2.15. The molecule has 2 heterocycles. The number of carbonyl (C=O) groups excluding carboxylic acids is 1. The van der Waals surface area contributed by atoms with Gasteiger partial charge in [-0.3, -0.25) is 10.2 Å². The first-order valence-electron chi connectivity index (χ1n) is 9.52. The molecule has 2 aliphatic rings. The van der Waals surface area contributed by atoms with E-state index >= 15 is 0 Å². The summed E-state index contributed by atoms with van der Waals surface area (Å²) in [6, 6.07) is 3.63. The van der Waals surface area contributed by atoms with E-state index in [2.05, 4.69) is 27.9 Å². The monoisotopic (exact) mass is 359 g/mol. The fourth-order valence-corrected chi connectivity index (χ4v) is 3.68. The second kappa shape index (κ2) is 8.49. The highest BCUT2D eigenvalue weighted by Crippen LogP contribution is 2.29. The number of rotatable bonds is 6. The lowest BCUT2D eigenvalue weighted by Gasteiger charge is -2.24. The molecule has 7 heteroatoms. The molecule has 2 fully saturated rings. The number of ether oxygens (including phenoxy) is 1. The van der Waals surface area contributed by atoms with Crippen LogP contribution in [0, 0.1) is 11.3 Å². The molecule has 4 N–H and O–H groups in total. The molecule has 0 radical (unpaired) electrons. The molecule has 2 unspecified atom stereocenters. The third kappa shape index (κ3) is 4.52. The van der Waals surface area contributed by atoms with Crippen molar-refractivity contribution in [1.82, 2.24) is 15.6 Å². The zero-order valence-corrected chi connectivity index (χ0v) is 15.6. The van der Waals surface area contributed by atoms with Crippen molar-refractivity contribution in [3.63, 3.8) is 0 Å². The van der Waals surface area contributed by atoms with Crippen LogP contribution >= 0.6 is 0 Å². The number of nitrogens with one attached hydrogen (secondary N) is 4. The molecule has 1 saturated heterocycles. The highest BCUT2D eigenvalue weighted by Gasteiger charge is 2.25. The lowest BCUT2D eigenvalue weighted by atomic mass is 10.1. The molecule has 26 heavy (non-hydrogen) atoms. The molecule has 3 rings (SSSR count). The van der Waals surface area contributed by atoms with E-state index in [0.717, 1.165) is 38.8 Å². The molecule has 2 atom stereocenters. The maximum atomic E-state index is 12.4. The molecule has 1 saturated carbocycles. The Balaban J connectivity index is 1.66. The second-order valence-electron chi connectivity index (χ2n) is 7.33. The van der Waals surface area contributed by atoms with Crippen molar-refractivity contribution in [3.8, 4) is 5.88 Å². The molecule has 1 aromatic rings. The number of hydrogen-bond acceptors (Lipinski definition) is 6. The second-order valence-corrected chi connectivity index (χ2v) is 7.33. The first kappa shape index (κ1) is 18.6. The van der Waals surface area contributed by atoms with Crippen molar-refractivity contribution in [2.45, 2.75) is 51.2 Å². The number of anilines is 1. The Morgan fingerprint density at radius 3 is 2.69 bits per heavy atom. The van der Waals surface area contributed by atoms with Crippen LogP contribution in [0.5, 0.6) is 5.88 Å². The molecule has 1 amide bonds. The van der Waals surface area contributed by atoms with Crippen LogP contribution in [0.15, 0.2) is 12.1 Å². The van der Waals surface area contributed by atoms with Crippen LogP contribution < -0.4 is 20.7 Å². The third-order valence-corrected chi connectivity index (χ3v) is 5.21. The summed E-state index contributed by atoms with van der Waals surface area (Å²) in [5.74, 6) is 1.38. The Kier molecular flexibility index (Phi) is 6.08. The molecule has 0 spiro atoms. The first-order valence-corrected chi connectivity index (χ1v) is 9.52. The molecule has 1 aliphatic carbocycles. The Morgan fingerprint density at radius 1 is 1.27 bits per heavy atom. The van der Waals surface area contributed by atoms with Crippen molar-refractivity contribution < 1.29 is 9.53 Å². The van der Waals surface area contributed by atoms with Crippen LogP contribution in [0.4, 0.5) is 5.82 Å². The van der Waals surface area contributed by atoms with Gasteiger partial charge in [-0.25, -0.2) is 0 Å². The fraction of sp³-hybridized carbons (Fsp3) is 0.632.